The molecule has 0 N–H and O–H groups in total. The molecule has 5 heteroatoms. The first kappa shape index (κ1) is 17.5. The molecule has 1 unspecified atom stereocenters. The van der Waals surface area contributed by atoms with Crippen LogP contribution in [-0.2, 0) is 12.8 Å². The summed E-state index contributed by atoms with van der Waals surface area (Å²) in [5.74, 6) is -0.361. The Morgan fingerprint density at radius 1 is 1.11 bits per heavy atom. The zero-order chi connectivity index (χ0) is 19.0. The van der Waals surface area contributed by atoms with Gasteiger partial charge >= 0.3 is 0 Å². The van der Waals surface area contributed by atoms with Crippen LogP contribution in [0.5, 0.6) is 0 Å². The van der Waals surface area contributed by atoms with E-state index in [0.717, 1.165) is 41.8 Å². The first-order valence-electron chi connectivity index (χ1n) is 9.25. The lowest BCUT2D eigenvalue weighted by Crippen LogP contribution is -2.30. The van der Waals surface area contributed by atoms with Crippen molar-refractivity contribution in [3.63, 3.8) is 0 Å². The summed E-state index contributed by atoms with van der Waals surface area (Å²) >= 11 is 0. The number of amides is 1. The molecule has 4 nitrogen and oxygen atoms in total. The summed E-state index contributed by atoms with van der Waals surface area (Å²) in [5.41, 5.74) is 4.47. The van der Waals surface area contributed by atoms with Crippen LogP contribution in [0.2, 0.25) is 0 Å². The van der Waals surface area contributed by atoms with Gasteiger partial charge in [0.15, 0.2) is 5.69 Å². The van der Waals surface area contributed by atoms with Crippen molar-refractivity contribution in [2.24, 2.45) is 0 Å². The van der Waals surface area contributed by atoms with Gasteiger partial charge in [0.2, 0.25) is 0 Å². The maximum atomic E-state index is 13.3. The van der Waals surface area contributed by atoms with Crippen molar-refractivity contribution < 1.29 is 9.18 Å². The minimum Gasteiger partial charge on any atom is -0.334 e. The number of carbonyl (C=O) groups excluding carboxylic acids is 1. The topological polar surface area (TPSA) is 38.1 Å². The minimum absolute atomic E-state index is 0.0493. The monoisotopic (exact) mass is 363 g/mol. The highest BCUT2D eigenvalue weighted by Crippen LogP contribution is 2.30. The van der Waals surface area contributed by atoms with Crippen molar-refractivity contribution in [2.45, 2.75) is 32.2 Å². The van der Waals surface area contributed by atoms with E-state index in [1.165, 1.54) is 12.1 Å². The molecule has 0 bridgehead atoms. The van der Waals surface area contributed by atoms with Gasteiger partial charge in [-0.15, -0.1) is 0 Å². The lowest BCUT2D eigenvalue weighted by atomic mass is 10.1. The Labute approximate surface area is 158 Å². The Kier molecular flexibility index (Phi) is 4.52. The van der Waals surface area contributed by atoms with Gasteiger partial charge in [-0.1, -0.05) is 30.3 Å². The van der Waals surface area contributed by atoms with Crippen LogP contribution in [0.4, 0.5) is 4.39 Å². The SMILES string of the molecule is CC(c1ccccc1)N(C)C(=O)c1nn(-c2ccc(F)cc2)c2c1CCC2. The van der Waals surface area contributed by atoms with Gasteiger partial charge in [-0.25, -0.2) is 9.07 Å². The number of aromatic nitrogens is 2. The summed E-state index contributed by atoms with van der Waals surface area (Å²) in [7, 11) is 1.82. The highest BCUT2D eigenvalue weighted by molar-refractivity contribution is 5.94. The summed E-state index contributed by atoms with van der Waals surface area (Å²) in [6.45, 7) is 2.02. The maximum Gasteiger partial charge on any atom is 0.274 e. The largest absolute Gasteiger partial charge is 0.334 e. The molecule has 1 aliphatic rings. The number of hydrogen-bond acceptors (Lipinski definition) is 2. The fourth-order valence-electron chi connectivity index (χ4n) is 3.70. The molecule has 3 aromatic rings. The molecule has 1 aromatic heterocycles. The van der Waals surface area contributed by atoms with E-state index in [-0.39, 0.29) is 17.8 Å². The number of hydrogen-bond donors (Lipinski definition) is 0. The number of rotatable bonds is 4. The van der Waals surface area contributed by atoms with Crippen molar-refractivity contribution >= 4 is 5.91 Å². The predicted octanol–water partition coefficient (Wildman–Crippen LogP) is 4.33. The van der Waals surface area contributed by atoms with Gasteiger partial charge in [0.25, 0.3) is 5.91 Å². The van der Waals surface area contributed by atoms with E-state index in [1.54, 1.807) is 21.7 Å². The molecule has 1 amide bonds. The van der Waals surface area contributed by atoms with Crippen LogP contribution in [0.1, 0.15) is 46.7 Å². The van der Waals surface area contributed by atoms with E-state index in [2.05, 4.69) is 5.10 Å². The molecule has 138 valence electrons. The Balaban J connectivity index is 1.68. The van der Waals surface area contributed by atoms with Crippen LogP contribution < -0.4 is 0 Å². The minimum atomic E-state index is -0.282. The van der Waals surface area contributed by atoms with Crippen molar-refractivity contribution in [1.29, 1.82) is 0 Å². The predicted molar refractivity (Wildman–Crippen MR) is 102 cm³/mol. The molecule has 0 fully saturated rings. The Hall–Kier alpha value is -2.95. The molecule has 0 aliphatic heterocycles. The summed E-state index contributed by atoms with van der Waals surface area (Å²) in [6, 6.07) is 16.2. The fourth-order valence-corrected chi connectivity index (χ4v) is 3.70. The average molecular weight is 363 g/mol. The lowest BCUT2D eigenvalue weighted by molar-refractivity contribution is 0.0735. The van der Waals surface area contributed by atoms with E-state index in [9.17, 15) is 9.18 Å². The number of halogens is 1. The second kappa shape index (κ2) is 6.99. The summed E-state index contributed by atoms with van der Waals surface area (Å²) in [5, 5.41) is 4.63. The maximum absolute atomic E-state index is 13.3. The molecule has 0 radical (unpaired) electrons. The molecular weight excluding hydrogens is 341 g/mol. The van der Waals surface area contributed by atoms with Crippen LogP contribution in [0.3, 0.4) is 0 Å². The normalized spacial score (nSPS) is 14.0. The molecule has 27 heavy (non-hydrogen) atoms. The van der Waals surface area contributed by atoms with Gasteiger partial charge in [0.1, 0.15) is 5.82 Å². The molecule has 1 aliphatic carbocycles. The third-order valence-electron chi connectivity index (χ3n) is 5.39. The number of fused-ring (bicyclic) bond motifs is 1. The second-order valence-corrected chi connectivity index (χ2v) is 7.02. The first-order valence-corrected chi connectivity index (χ1v) is 9.25. The van der Waals surface area contributed by atoms with Crippen LogP contribution >= 0.6 is 0 Å². The molecule has 0 saturated carbocycles. The molecule has 1 heterocycles. The first-order chi connectivity index (χ1) is 13.1. The number of nitrogens with zero attached hydrogens (tertiary/aromatic N) is 3. The smallest absolute Gasteiger partial charge is 0.274 e. The zero-order valence-corrected chi connectivity index (χ0v) is 15.5. The summed E-state index contributed by atoms with van der Waals surface area (Å²) in [4.78, 5) is 14.9. The van der Waals surface area contributed by atoms with Crippen LogP contribution in [0, 0.1) is 5.82 Å². The molecule has 2 aromatic carbocycles. The fraction of sp³-hybridized carbons (Fsp3) is 0.273. The molecule has 0 spiro atoms. The van der Waals surface area contributed by atoms with Crippen molar-refractivity contribution in [1.82, 2.24) is 14.7 Å². The van der Waals surface area contributed by atoms with Gasteiger partial charge in [0.05, 0.1) is 11.7 Å². The van der Waals surface area contributed by atoms with Crippen molar-refractivity contribution in [3.8, 4) is 5.69 Å². The quantitative estimate of drug-likeness (QED) is 0.692. The lowest BCUT2D eigenvalue weighted by Gasteiger charge is -2.25. The average Bonchev–Trinajstić information content (AvgIpc) is 3.30. The zero-order valence-electron chi connectivity index (χ0n) is 15.5. The van der Waals surface area contributed by atoms with Crippen LogP contribution in [0.15, 0.2) is 54.6 Å². The highest BCUT2D eigenvalue weighted by atomic mass is 19.1. The van der Waals surface area contributed by atoms with Crippen molar-refractivity contribution in [3.05, 3.63) is 82.9 Å². The molecule has 1 atom stereocenters. The van der Waals surface area contributed by atoms with E-state index < -0.39 is 0 Å². The van der Waals surface area contributed by atoms with Crippen molar-refractivity contribution in [2.75, 3.05) is 7.05 Å². The molecule has 4 rings (SSSR count). The van der Waals surface area contributed by atoms with E-state index in [1.807, 2.05) is 44.3 Å². The summed E-state index contributed by atoms with van der Waals surface area (Å²) in [6.07, 6.45) is 2.74. The number of carbonyl (C=O) groups is 1. The van der Waals surface area contributed by atoms with E-state index >= 15 is 0 Å². The molecule has 0 saturated heterocycles. The standard InChI is InChI=1S/C22H22FN3O/c1-15(16-7-4-3-5-8-16)25(2)22(27)21-19-9-6-10-20(19)26(24-21)18-13-11-17(23)12-14-18/h3-5,7-8,11-15H,6,9-10H2,1-2H3. The molecular formula is C22H22FN3O. The Morgan fingerprint density at radius 2 is 1.81 bits per heavy atom. The highest BCUT2D eigenvalue weighted by Gasteiger charge is 2.30. The Morgan fingerprint density at radius 3 is 2.52 bits per heavy atom. The number of benzene rings is 2. The Bertz CT molecular complexity index is 963. The summed E-state index contributed by atoms with van der Waals surface area (Å²) < 4.78 is 15.1. The van der Waals surface area contributed by atoms with Gasteiger partial charge < -0.3 is 4.90 Å². The second-order valence-electron chi connectivity index (χ2n) is 7.02. The van der Waals surface area contributed by atoms with E-state index in [0.29, 0.717) is 5.69 Å². The van der Waals surface area contributed by atoms with Gasteiger partial charge in [0, 0.05) is 18.3 Å². The van der Waals surface area contributed by atoms with Gasteiger partial charge in [-0.3, -0.25) is 4.79 Å². The van der Waals surface area contributed by atoms with Gasteiger partial charge in [-0.2, -0.15) is 5.10 Å². The van der Waals surface area contributed by atoms with Gasteiger partial charge in [-0.05, 0) is 56.0 Å². The van der Waals surface area contributed by atoms with Crippen LogP contribution in [0.25, 0.3) is 5.69 Å². The van der Waals surface area contributed by atoms with Crippen LogP contribution in [-0.4, -0.2) is 27.6 Å². The third kappa shape index (κ3) is 3.14. The third-order valence-corrected chi connectivity index (χ3v) is 5.39. The van der Waals surface area contributed by atoms with E-state index in [4.69, 9.17) is 0 Å².